The van der Waals surface area contributed by atoms with Gasteiger partial charge in [-0.15, -0.1) is 11.3 Å². The lowest BCUT2D eigenvalue weighted by molar-refractivity contribution is 0.645. The van der Waals surface area contributed by atoms with Crippen molar-refractivity contribution in [2.75, 3.05) is 0 Å². The SMILES string of the molecule is CC1(C)c2ccccc2-c2c3c1cccc3cc1c2c2cc3ccccc3cc2n1-c1ccc2sc3ccccc3c2c1. The molecular weight excluding hydrogens is 539 g/mol. The average molecular weight is 566 g/mol. The van der Waals surface area contributed by atoms with Crippen molar-refractivity contribution in [3.63, 3.8) is 0 Å². The molecule has 9 aromatic rings. The first-order chi connectivity index (χ1) is 21.1. The van der Waals surface area contributed by atoms with Crippen LogP contribution in [-0.4, -0.2) is 4.57 Å². The molecule has 0 saturated heterocycles. The Balaban J connectivity index is 1.45. The summed E-state index contributed by atoms with van der Waals surface area (Å²) in [5.74, 6) is 0. The first kappa shape index (κ1) is 23.6. The summed E-state index contributed by atoms with van der Waals surface area (Å²) in [7, 11) is 0. The molecule has 1 aliphatic carbocycles. The minimum absolute atomic E-state index is 0.0765. The highest BCUT2D eigenvalue weighted by atomic mass is 32.1. The van der Waals surface area contributed by atoms with Gasteiger partial charge in [0, 0.05) is 47.6 Å². The molecule has 202 valence electrons. The fraction of sp³-hybridized carbons (Fsp3) is 0.0732. The zero-order valence-corrected chi connectivity index (χ0v) is 24.8. The Labute approximate surface area is 253 Å². The first-order valence-electron chi connectivity index (χ1n) is 15.0. The summed E-state index contributed by atoms with van der Waals surface area (Å²) < 4.78 is 5.19. The highest BCUT2D eigenvalue weighted by Crippen LogP contribution is 2.53. The van der Waals surface area contributed by atoms with Crippen molar-refractivity contribution in [3.05, 3.63) is 139 Å². The van der Waals surface area contributed by atoms with Crippen LogP contribution in [0.5, 0.6) is 0 Å². The number of benzene rings is 7. The Morgan fingerprint density at radius 3 is 2.12 bits per heavy atom. The Hall–Kier alpha value is -4.92. The lowest BCUT2D eigenvalue weighted by Gasteiger charge is -2.35. The van der Waals surface area contributed by atoms with E-state index in [0.717, 1.165) is 0 Å². The Morgan fingerprint density at radius 1 is 0.512 bits per heavy atom. The minimum Gasteiger partial charge on any atom is -0.309 e. The van der Waals surface area contributed by atoms with E-state index in [-0.39, 0.29) is 5.41 Å². The van der Waals surface area contributed by atoms with Crippen LogP contribution in [-0.2, 0) is 5.41 Å². The van der Waals surface area contributed by atoms with Crippen LogP contribution in [0.3, 0.4) is 0 Å². The van der Waals surface area contributed by atoms with E-state index in [9.17, 15) is 0 Å². The lowest BCUT2D eigenvalue weighted by atomic mass is 9.68. The van der Waals surface area contributed by atoms with Crippen LogP contribution in [0.4, 0.5) is 0 Å². The molecule has 7 aromatic carbocycles. The molecule has 0 saturated carbocycles. The number of rotatable bonds is 1. The Morgan fingerprint density at radius 2 is 1.21 bits per heavy atom. The molecule has 10 rings (SSSR count). The van der Waals surface area contributed by atoms with Crippen LogP contribution in [0, 0.1) is 0 Å². The normalized spacial score (nSPS) is 14.0. The van der Waals surface area contributed by atoms with Gasteiger partial charge in [-0.05, 0) is 80.7 Å². The van der Waals surface area contributed by atoms with Crippen LogP contribution < -0.4 is 0 Å². The fourth-order valence-corrected chi connectivity index (χ4v) is 9.03. The number of thiophene rings is 1. The molecule has 1 aliphatic rings. The number of nitrogens with zero attached hydrogens (tertiary/aromatic N) is 1. The van der Waals surface area contributed by atoms with Crippen LogP contribution in [0.25, 0.3) is 80.3 Å². The molecule has 2 aromatic heterocycles. The van der Waals surface area contributed by atoms with Crippen molar-refractivity contribution in [1.82, 2.24) is 4.57 Å². The van der Waals surface area contributed by atoms with Gasteiger partial charge in [0.25, 0.3) is 0 Å². The summed E-state index contributed by atoms with van der Waals surface area (Å²) in [6.07, 6.45) is 0. The molecule has 0 atom stereocenters. The molecule has 0 fully saturated rings. The minimum atomic E-state index is -0.0765. The van der Waals surface area contributed by atoms with Crippen LogP contribution >= 0.6 is 11.3 Å². The van der Waals surface area contributed by atoms with Crippen molar-refractivity contribution in [2.24, 2.45) is 0 Å². The van der Waals surface area contributed by atoms with Gasteiger partial charge in [-0.2, -0.15) is 0 Å². The van der Waals surface area contributed by atoms with E-state index in [2.05, 4.69) is 146 Å². The van der Waals surface area contributed by atoms with E-state index in [1.54, 1.807) is 0 Å². The largest absolute Gasteiger partial charge is 0.309 e. The van der Waals surface area contributed by atoms with Gasteiger partial charge in [0.1, 0.15) is 0 Å². The van der Waals surface area contributed by atoms with Gasteiger partial charge < -0.3 is 4.57 Å². The number of hydrogen-bond donors (Lipinski definition) is 0. The van der Waals surface area contributed by atoms with Crippen molar-refractivity contribution in [1.29, 1.82) is 0 Å². The third-order valence-electron chi connectivity index (χ3n) is 9.92. The molecule has 2 heterocycles. The Bertz CT molecular complexity index is 2650. The molecule has 43 heavy (non-hydrogen) atoms. The Kier molecular flexibility index (Phi) is 4.46. The highest BCUT2D eigenvalue weighted by Gasteiger charge is 2.35. The lowest BCUT2D eigenvalue weighted by Crippen LogP contribution is -2.23. The van der Waals surface area contributed by atoms with Gasteiger partial charge in [-0.25, -0.2) is 0 Å². The van der Waals surface area contributed by atoms with E-state index >= 15 is 0 Å². The quantitative estimate of drug-likeness (QED) is 0.187. The fourth-order valence-electron chi connectivity index (χ4n) is 7.95. The molecule has 0 unspecified atom stereocenters. The molecule has 0 spiro atoms. The highest BCUT2D eigenvalue weighted by molar-refractivity contribution is 7.25. The van der Waals surface area contributed by atoms with Crippen molar-refractivity contribution < 1.29 is 0 Å². The molecule has 2 heteroatoms. The zero-order chi connectivity index (χ0) is 28.4. The smallest absolute Gasteiger partial charge is 0.0553 e. The topological polar surface area (TPSA) is 4.93 Å². The summed E-state index contributed by atoms with van der Waals surface area (Å²) in [6.45, 7) is 4.76. The second kappa shape index (κ2) is 8.12. The van der Waals surface area contributed by atoms with E-state index in [1.807, 2.05) is 11.3 Å². The van der Waals surface area contributed by atoms with Crippen molar-refractivity contribution in [3.8, 4) is 16.8 Å². The van der Waals surface area contributed by atoms with Gasteiger partial charge in [-0.1, -0.05) is 98.8 Å². The summed E-state index contributed by atoms with van der Waals surface area (Å²) in [6, 6.07) is 47.9. The maximum absolute atomic E-state index is 2.52. The molecule has 0 N–H and O–H groups in total. The summed E-state index contributed by atoms with van der Waals surface area (Å²) in [5, 5.41) is 10.6. The third kappa shape index (κ3) is 3.01. The standard InChI is InChI=1S/C41H27NS/c1-41(2)32-15-7-5-14-29(32)40-38-26(12-9-16-33(38)41)22-35-39(40)31-20-24-10-3-4-11-25(24)21-34(31)42(35)27-18-19-37-30(23-27)28-13-6-8-17-36(28)43-37/h3-23H,1-2H3. The molecule has 1 nitrogen and oxygen atoms in total. The number of aromatic nitrogens is 1. The van der Waals surface area contributed by atoms with Gasteiger partial charge in [0.15, 0.2) is 0 Å². The molecule has 0 bridgehead atoms. The molecule has 0 aliphatic heterocycles. The zero-order valence-electron chi connectivity index (χ0n) is 24.0. The maximum atomic E-state index is 2.52. The van der Waals surface area contributed by atoms with Gasteiger partial charge >= 0.3 is 0 Å². The number of hydrogen-bond acceptors (Lipinski definition) is 1. The summed E-state index contributed by atoms with van der Waals surface area (Å²) in [4.78, 5) is 0. The van der Waals surface area contributed by atoms with Gasteiger partial charge in [0.2, 0.25) is 0 Å². The predicted molar refractivity (Wildman–Crippen MR) is 186 cm³/mol. The van der Waals surface area contributed by atoms with Crippen molar-refractivity contribution >= 4 is 74.9 Å². The number of fused-ring (bicyclic) bond motifs is 10. The second-order valence-corrected chi connectivity index (χ2v) is 13.6. The van der Waals surface area contributed by atoms with Crippen LogP contribution in [0.2, 0.25) is 0 Å². The third-order valence-corrected chi connectivity index (χ3v) is 11.1. The molecule has 0 amide bonds. The maximum Gasteiger partial charge on any atom is 0.0553 e. The van der Waals surface area contributed by atoms with Crippen molar-refractivity contribution in [2.45, 2.75) is 19.3 Å². The average Bonchev–Trinajstić information content (AvgIpc) is 3.56. The van der Waals surface area contributed by atoms with E-state index in [0.29, 0.717) is 0 Å². The monoisotopic (exact) mass is 565 g/mol. The first-order valence-corrected chi connectivity index (χ1v) is 15.8. The van der Waals surface area contributed by atoms with E-state index in [1.165, 1.54) is 91.5 Å². The molecular formula is C41H27NS. The summed E-state index contributed by atoms with van der Waals surface area (Å²) >= 11 is 1.88. The van der Waals surface area contributed by atoms with Gasteiger partial charge in [0.05, 0.1) is 11.0 Å². The van der Waals surface area contributed by atoms with Crippen LogP contribution in [0.1, 0.15) is 25.0 Å². The van der Waals surface area contributed by atoms with Crippen LogP contribution in [0.15, 0.2) is 127 Å². The summed E-state index contributed by atoms with van der Waals surface area (Å²) in [5.41, 5.74) is 9.18. The van der Waals surface area contributed by atoms with Gasteiger partial charge in [-0.3, -0.25) is 0 Å². The predicted octanol–water partition coefficient (Wildman–Crippen LogP) is 11.8. The van der Waals surface area contributed by atoms with E-state index in [4.69, 9.17) is 0 Å². The molecule has 0 radical (unpaired) electrons. The van der Waals surface area contributed by atoms with E-state index < -0.39 is 0 Å². The second-order valence-electron chi connectivity index (χ2n) is 12.6.